The Kier molecular flexibility index (Phi) is 6.11. The van der Waals surface area contributed by atoms with E-state index in [0.29, 0.717) is 18.0 Å². The van der Waals surface area contributed by atoms with Crippen LogP contribution in [0.4, 0.5) is 5.69 Å². The Morgan fingerprint density at radius 3 is 2.77 bits per heavy atom. The molecule has 0 spiro atoms. The third-order valence-corrected chi connectivity index (χ3v) is 6.00. The zero-order valence-electron chi connectivity index (χ0n) is 17.4. The predicted octanol–water partition coefficient (Wildman–Crippen LogP) is 4.33. The molecular weight excluding hydrogens is 394 g/mol. The molecule has 2 aromatic carbocycles. The molecule has 1 fully saturated rings. The number of likely N-dealkylation sites (tertiary alicyclic amines) is 1. The minimum Gasteiger partial charge on any atom is -0.326 e. The smallest absolute Gasteiger partial charge is 0.228 e. The van der Waals surface area contributed by atoms with Gasteiger partial charge in [-0.25, -0.2) is 4.68 Å². The maximum absolute atomic E-state index is 12.7. The van der Waals surface area contributed by atoms with Crippen LogP contribution in [0.15, 0.2) is 54.9 Å². The quantitative estimate of drug-likeness (QED) is 0.623. The molecule has 1 atom stereocenters. The number of para-hydroxylation sites is 1. The third-order valence-electron chi connectivity index (χ3n) is 5.60. The number of amides is 1. The topological polar surface area (TPSA) is 55.1 Å². The number of rotatable bonds is 5. The number of nitrogens with zero attached hydrogens (tertiary/aromatic N) is 4. The minimum atomic E-state index is -0.0328. The van der Waals surface area contributed by atoms with Gasteiger partial charge in [-0.1, -0.05) is 35.9 Å². The molecule has 156 valence electrons. The van der Waals surface area contributed by atoms with E-state index >= 15 is 0 Å². The molecule has 1 aromatic heterocycles. The van der Waals surface area contributed by atoms with Crippen molar-refractivity contribution in [1.29, 1.82) is 0 Å². The number of benzene rings is 2. The Hall–Kier alpha value is -2.77. The van der Waals surface area contributed by atoms with E-state index in [2.05, 4.69) is 47.4 Å². The second kappa shape index (κ2) is 8.93. The Labute approximate surface area is 182 Å². The summed E-state index contributed by atoms with van der Waals surface area (Å²) in [5.41, 5.74) is 4.29. The van der Waals surface area contributed by atoms with Gasteiger partial charge in [-0.05, 0) is 69.2 Å². The highest BCUT2D eigenvalue weighted by atomic mass is 32.1. The number of hydrogen-bond donors (Lipinski definition) is 1. The van der Waals surface area contributed by atoms with Crippen LogP contribution in [-0.2, 0) is 11.5 Å². The van der Waals surface area contributed by atoms with Gasteiger partial charge in [-0.2, -0.15) is 5.10 Å². The van der Waals surface area contributed by atoms with Gasteiger partial charge in [-0.3, -0.25) is 14.3 Å². The molecule has 0 bridgehead atoms. The lowest BCUT2D eigenvalue weighted by Crippen LogP contribution is -2.41. The van der Waals surface area contributed by atoms with E-state index in [1.165, 1.54) is 11.1 Å². The van der Waals surface area contributed by atoms with Gasteiger partial charge in [-0.15, -0.1) is 0 Å². The summed E-state index contributed by atoms with van der Waals surface area (Å²) >= 11 is 5.69. The molecule has 0 aliphatic carbocycles. The zero-order valence-corrected chi connectivity index (χ0v) is 18.2. The van der Waals surface area contributed by atoms with Gasteiger partial charge in [0, 0.05) is 12.2 Å². The van der Waals surface area contributed by atoms with Crippen molar-refractivity contribution in [3.8, 4) is 5.69 Å². The molecule has 0 radical (unpaired) electrons. The summed E-state index contributed by atoms with van der Waals surface area (Å²) in [7, 11) is 0. The van der Waals surface area contributed by atoms with Crippen LogP contribution in [0.3, 0.4) is 0 Å². The summed E-state index contributed by atoms with van der Waals surface area (Å²) < 4.78 is 4.46. The summed E-state index contributed by atoms with van der Waals surface area (Å²) in [4.78, 5) is 15.0. The Morgan fingerprint density at radius 1 is 1.20 bits per heavy atom. The van der Waals surface area contributed by atoms with Crippen molar-refractivity contribution >= 4 is 23.8 Å². The fraction of sp³-hybridized carbons (Fsp3) is 0.348. The molecule has 1 aliphatic rings. The maximum Gasteiger partial charge on any atom is 0.228 e. The van der Waals surface area contributed by atoms with E-state index in [9.17, 15) is 4.79 Å². The number of carbonyl (C=O) groups excluding carboxylic acids is 1. The molecular formula is C23H27N5OS. The van der Waals surface area contributed by atoms with Crippen molar-refractivity contribution < 1.29 is 4.79 Å². The molecule has 1 unspecified atom stereocenters. The van der Waals surface area contributed by atoms with Gasteiger partial charge in [0.15, 0.2) is 0 Å². The molecule has 6 nitrogen and oxygen atoms in total. The van der Waals surface area contributed by atoms with Crippen LogP contribution in [0.2, 0.25) is 0 Å². The lowest BCUT2D eigenvalue weighted by molar-refractivity contribution is -0.121. The van der Waals surface area contributed by atoms with Gasteiger partial charge in [0.1, 0.15) is 6.33 Å². The number of aryl methyl sites for hydroxylation is 2. The highest BCUT2D eigenvalue weighted by molar-refractivity contribution is 7.71. The first-order chi connectivity index (χ1) is 14.5. The molecule has 1 aliphatic heterocycles. The number of aromatic nitrogens is 3. The molecule has 1 amide bonds. The second-order valence-electron chi connectivity index (χ2n) is 7.99. The van der Waals surface area contributed by atoms with E-state index in [1.54, 1.807) is 6.33 Å². The van der Waals surface area contributed by atoms with Crippen LogP contribution in [0.5, 0.6) is 0 Å². The third kappa shape index (κ3) is 4.52. The SMILES string of the molecule is Cc1ccc(-n2cnn(CN3CCCC(C(=O)Nc4ccccc4)C3)c2=S)c(C)c1. The lowest BCUT2D eigenvalue weighted by Gasteiger charge is -2.31. The first-order valence-electron chi connectivity index (χ1n) is 10.3. The summed E-state index contributed by atoms with van der Waals surface area (Å²) in [5.74, 6) is 0.0462. The monoisotopic (exact) mass is 421 g/mol. The van der Waals surface area contributed by atoms with Gasteiger partial charge >= 0.3 is 0 Å². The first kappa shape index (κ1) is 20.5. The van der Waals surface area contributed by atoms with Crippen molar-refractivity contribution in [3.05, 3.63) is 70.8 Å². The summed E-state index contributed by atoms with van der Waals surface area (Å²) in [6.07, 6.45) is 3.67. The predicted molar refractivity (Wildman–Crippen MR) is 121 cm³/mol. The zero-order chi connectivity index (χ0) is 21.1. The highest BCUT2D eigenvalue weighted by Gasteiger charge is 2.26. The van der Waals surface area contributed by atoms with Crippen LogP contribution in [0.25, 0.3) is 5.69 Å². The molecule has 0 saturated carbocycles. The number of carbonyl (C=O) groups is 1. The van der Waals surface area contributed by atoms with E-state index in [-0.39, 0.29) is 11.8 Å². The highest BCUT2D eigenvalue weighted by Crippen LogP contribution is 2.20. The molecule has 4 rings (SSSR count). The summed E-state index contributed by atoms with van der Waals surface area (Å²) in [5, 5.41) is 7.55. The van der Waals surface area contributed by atoms with Gasteiger partial charge < -0.3 is 5.32 Å². The summed E-state index contributed by atoms with van der Waals surface area (Å²) in [6, 6.07) is 15.9. The van der Waals surface area contributed by atoms with Crippen LogP contribution < -0.4 is 5.32 Å². The van der Waals surface area contributed by atoms with E-state index in [1.807, 2.05) is 39.6 Å². The van der Waals surface area contributed by atoms with Crippen LogP contribution >= 0.6 is 12.2 Å². The fourth-order valence-electron chi connectivity index (χ4n) is 4.03. The lowest BCUT2D eigenvalue weighted by atomic mass is 9.97. The maximum atomic E-state index is 12.7. The average Bonchev–Trinajstić information content (AvgIpc) is 3.09. The second-order valence-corrected chi connectivity index (χ2v) is 8.35. The Bertz CT molecular complexity index is 1090. The average molecular weight is 422 g/mol. The molecule has 1 N–H and O–H groups in total. The first-order valence-corrected chi connectivity index (χ1v) is 10.7. The molecule has 30 heavy (non-hydrogen) atoms. The van der Waals surface area contributed by atoms with Gasteiger partial charge in [0.05, 0.1) is 18.3 Å². The molecule has 3 aromatic rings. The van der Waals surface area contributed by atoms with Crippen molar-refractivity contribution in [2.24, 2.45) is 5.92 Å². The Balaban J connectivity index is 1.44. The summed E-state index contributed by atoms with van der Waals surface area (Å²) in [6.45, 7) is 6.40. The molecule has 2 heterocycles. The van der Waals surface area contributed by atoms with Crippen LogP contribution in [-0.4, -0.2) is 38.2 Å². The van der Waals surface area contributed by atoms with Crippen molar-refractivity contribution in [2.75, 3.05) is 18.4 Å². The van der Waals surface area contributed by atoms with Crippen molar-refractivity contribution in [2.45, 2.75) is 33.4 Å². The number of anilines is 1. The number of nitrogens with one attached hydrogen (secondary N) is 1. The fourth-order valence-corrected chi connectivity index (χ4v) is 4.28. The standard InChI is InChI=1S/C23H27N5OS/c1-17-10-11-21(18(2)13-17)27-15-24-28(23(27)30)16-26-12-6-7-19(14-26)22(29)25-20-8-4-3-5-9-20/h3-5,8-11,13,15,19H,6-7,12,14,16H2,1-2H3,(H,25,29). The Morgan fingerprint density at radius 2 is 2.00 bits per heavy atom. The van der Waals surface area contributed by atoms with Gasteiger partial charge in [0.2, 0.25) is 10.7 Å². The van der Waals surface area contributed by atoms with E-state index in [0.717, 1.165) is 30.8 Å². The van der Waals surface area contributed by atoms with E-state index in [4.69, 9.17) is 12.2 Å². The van der Waals surface area contributed by atoms with Crippen LogP contribution in [0.1, 0.15) is 24.0 Å². The van der Waals surface area contributed by atoms with Crippen molar-refractivity contribution in [3.63, 3.8) is 0 Å². The van der Waals surface area contributed by atoms with Gasteiger partial charge in [0.25, 0.3) is 0 Å². The minimum absolute atomic E-state index is 0.0328. The van der Waals surface area contributed by atoms with E-state index < -0.39 is 0 Å². The van der Waals surface area contributed by atoms with Crippen molar-refractivity contribution in [1.82, 2.24) is 19.2 Å². The number of hydrogen-bond acceptors (Lipinski definition) is 4. The number of piperidine rings is 1. The van der Waals surface area contributed by atoms with Crippen LogP contribution in [0, 0.1) is 24.5 Å². The molecule has 1 saturated heterocycles. The largest absolute Gasteiger partial charge is 0.326 e. The molecule has 7 heteroatoms. The normalized spacial score (nSPS) is 17.1.